The number of rotatable bonds is 6. The maximum atomic E-state index is 12.4. The van der Waals surface area contributed by atoms with Crippen molar-refractivity contribution in [1.82, 2.24) is 0 Å². The molecule has 1 aromatic rings. The number of ketones is 1. The molecule has 2 rings (SSSR count). The van der Waals surface area contributed by atoms with Gasteiger partial charge in [0.15, 0.2) is 5.78 Å². The van der Waals surface area contributed by atoms with Crippen molar-refractivity contribution in [1.29, 1.82) is 0 Å². The Hall–Kier alpha value is -0.440. The van der Waals surface area contributed by atoms with Crippen LogP contribution < -0.4 is 4.74 Å². The van der Waals surface area contributed by atoms with Gasteiger partial charge in [-0.3, -0.25) is 4.79 Å². The quantitative estimate of drug-likeness (QED) is 0.530. The number of carbonyl (C=O) groups is 1. The summed E-state index contributed by atoms with van der Waals surface area (Å²) < 4.78 is 5.19. The lowest BCUT2D eigenvalue weighted by molar-refractivity contribution is 0.0929. The minimum absolute atomic E-state index is 0.0148. The number of carbonyl (C=O) groups excluding carboxylic acids is 1. The van der Waals surface area contributed by atoms with Crippen molar-refractivity contribution in [3.8, 4) is 5.75 Å². The van der Waals surface area contributed by atoms with Crippen LogP contribution in [0.15, 0.2) is 6.07 Å². The average molecular weight is 336 g/mol. The molecule has 0 saturated heterocycles. The second-order valence-electron chi connectivity index (χ2n) is 5.04. The normalized spacial score (nSPS) is 17.4. The maximum absolute atomic E-state index is 12.4. The van der Waals surface area contributed by atoms with Crippen LogP contribution in [0.1, 0.15) is 41.6 Å². The van der Waals surface area contributed by atoms with Crippen LogP contribution in [-0.2, 0) is 6.42 Å². The zero-order chi connectivity index (χ0) is 14.7. The summed E-state index contributed by atoms with van der Waals surface area (Å²) in [5.41, 5.74) is 1.53. The predicted molar refractivity (Wildman–Crippen MR) is 83.7 cm³/mol. The molecule has 1 aliphatic carbocycles. The lowest BCUT2D eigenvalue weighted by Gasteiger charge is -2.08. The molecule has 2 nitrogen and oxygen atoms in total. The van der Waals surface area contributed by atoms with E-state index in [1.165, 1.54) is 0 Å². The standard InChI is InChI=1S/C15H17Cl3O2/c1-20-11-8-10-7-9(5-3-2-4-6-16)15(19)12(10)14(18)13(11)17/h8-9H,2-7H2,1H3. The third kappa shape index (κ3) is 3.08. The van der Waals surface area contributed by atoms with E-state index in [2.05, 4.69) is 0 Å². The fourth-order valence-electron chi connectivity index (χ4n) is 2.69. The molecule has 0 spiro atoms. The third-order valence-corrected chi connectivity index (χ3v) is 4.86. The van der Waals surface area contributed by atoms with E-state index in [1.807, 2.05) is 6.07 Å². The molecule has 20 heavy (non-hydrogen) atoms. The van der Waals surface area contributed by atoms with Gasteiger partial charge in [-0.2, -0.15) is 0 Å². The second-order valence-corrected chi connectivity index (χ2v) is 6.18. The highest BCUT2D eigenvalue weighted by Crippen LogP contribution is 2.42. The highest BCUT2D eigenvalue weighted by molar-refractivity contribution is 6.45. The number of ether oxygens (including phenoxy) is 1. The summed E-state index contributed by atoms with van der Waals surface area (Å²) in [6.45, 7) is 0. The molecule has 0 saturated carbocycles. The SMILES string of the molecule is COc1cc2c(c(Cl)c1Cl)C(=O)C(CCCCCCl)C2. The first-order valence-corrected chi connectivity index (χ1v) is 8.04. The van der Waals surface area contributed by atoms with Gasteiger partial charge in [0.1, 0.15) is 10.8 Å². The maximum Gasteiger partial charge on any atom is 0.168 e. The number of hydrogen-bond acceptors (Lipinski definition) is 2. The smallest absolute Gasteiger partial charge is 0.168 e. The van der Waals surface area contributed by atoms with Gasteiger partial charge in [-0.1, -0.05) is 36.0 Å². The first-order chi connectivity index (χ1) is 9.60. The lowest BCUT2D eigenvalue weighted by atomic mass is 9.97. The number of alkyl halides is 1. The zero-order valence-corrected chi connectivity index (χ0v) is 13.6. The Kier molecular flexibility index (Phi) is 5.59. The molecule has 1 atom stereocenters. The molecule has 1 aliphatic rings. The Balaban J connectivity index is 2.14. The van der Waals surface area contributed by atoms with Crippen LogP contribution in [-0.4, -0.2) is 18.8 Å². The molecule has 0 N–H and O–H groups in total. The monoisotopic (exact) mass is 334 g/mol. The molecule has 0 radical (unpaired) electrons. The van der Waals surface area contributed by atoms with Gasteiger partial charge >= 0.3 is 0 Å². The van der Waals surface area contributed by atoms with Crippen LogP contribution in [0.2, 0.25) is 10.0 Å². The van der Waals surface area contributed by atoms with Crippen LogP contribution in [0.3, 0.4) is 0 Å². The van der Waals surface area contributed by atoms with Gasteiger partial charge in [-0.15, -0.1) is 11.6 Å². The van der Waals surface area contributed by atoms with Crippen molar-refractivity contribution < 1.29 is 9.53 Å². The van der Waals surface area contributed by atoms with Crippen LogP contribution in [0.25, 0.3) is 0 Å². The van der Waals surface area contributed by atoms with Crippen LogP contribution >= 0.6 is 34.8 Å². The number of benzene rings is 1. The average Bonchev–Trinajstić information content (AvgIpc) is 2.75. The van der Waals surface area contributed by atoms with Crippen molar-refractivity contribution in [3.05, 3.63) is 27.2 Å². The molecule has 0 aliphatic heterocycles. The van der Waals surface area contributed by atoms with Gasteiger partial charge in [0, 0.05) is 17.4 Å². The molecule has 0 bridgehead atoms. The molecule has 0 aromatic heterocycles. The van der Waals surface area contributed by atoms with E-state index in [0.717, 1.165) is 37.7 Å². The Morgan fingerprint density at radius 1 is 1.25 bits per heavy atom. The third-order valence-electron chi connectivity index (χ3n) is 3.74. The lowest BCUT2D eigenvalue weighted by Crippen LogP contribution is -2.09. The summed E-state index contributed by atoms with van der Waals surface area (Å²) in [6, 6.07) is 1.83. The molecule has 1 unspecified atom stereocenters. The number of halogens is 3. The van der Waals surface area contributed by atoms with E-state index in [1.54, 1.807) is 7.11 Å². The van der Waals surface area contributed by atoms with E-state index >= 15 is 0 Å². The molecular weight excluding hydrogens is 319 g/mol. The topological polar surface area (TPSA) is 26.3 Å². The Morgan fingerprint density at radius 2 is 2.00 bits per heavy atom. The van der Waals surface area contributed by atoms with Crippen molar-refractivity contribution in [3.63, 3.8) is 0 Å². The van der Waals surface area contributed by atoms with Gasteiger partial charge in [-0.05, 0) is 30.9 Å². The van der Waals surface area contributed by atoms with Gasteiger partial charge in [0.05, 0.1) is 12.1 Å². The Morgan fingerprint density at radius 3 is 2.65 bits per heavy atom. The summed E-state index contributed by atoms with van der Waals surface area (Å²) in [5.74, 6) is 1.34. The van der Waals surface area contributed by atoms with Gasteiger partial charge in [-0.25, -0.2) is 0 Å². The minimum atomic E-state index is 0.0148. The number of unbranched alkanes of at least 4 members (excludes halogenated alkanes) is 2. The predicted octanol–water partition coefficient (Wildman–Crippen LogP) is 5.16. The molecule has 5 heteroatoms. The van der Waals surface area contributed by atoms with Gasteiger partial charge in [0.2, 0.25) is 0 Å². The Bertz CT molecular complexity index is 514. The molecule has 1 aromatic carbocycles. The molecular formula is C15H17Cl3O2. The van der Waals surface area contributed by atoms with Gasteiger partial charge in [0.25, 0.3) is 0 Å². The summed E-state index contributed by atoms with van der Waals surface area (Å²) >= 11 is 18.0. The second kappa shape index (κ2) is 7.02. The highest BCUT2D eigenvalue weighted by Gasteiger charge is 2.34. The van der Waals surface area contributed by atoms with E-state index in [9.17, 15) is 4.79 Å². The largest absolute Gasteiger partial charge is 0.495 e. The van der Waals surface area contributed by atoms with Crippen LogP contribution in [0, 0.1) is 5.92 Å². The Labute approximate surface area is 134 Å². The van der Waals surface area contributed by atoms with Crippen molar-refractivity contribution in [2.24, 2.45) is 5.92 Å². The summed E-state index contributed by atoms with van der Waals surface area (Å²) in [5, 5.41) is 0.651. The summed E-state index contributed by atoms with van der Waals surface area (Å²) in [7, 11) is 1.55. The molecule has 0 amide bonds. The van der Waals surface area contributed by atoms with E-state index in [-0.39, 0.29) is 11.7 Å². The van der Waals surface area contributed by atoms with E-state index in [0.29, 0.717) is 27.2 Å². The van der Waals surface area contributed by atoms with Crippen LogP contribution in [0.4, 0.5) is 0 Å². The minimum Gasteiger partial charge on any atom is -0.495 e. The number of Topliss-reactive ketones (excluding diaryl/α,β-unsaturated/α-hetero) is 1. The fourth-order valence-corrected chi connectivity index (χ4v) is 3.41. The van der Waals surface area contributed by atoms with Crippen molar-refractivity contribution in [2.45, 2.75) is 32.1 Å². The number of fused-ring (bicyclic) bond motifs is 1. The zero-order valence-electron chi connectivity index (χ0n) is 11.3. The molecule has 0 fully saturated rings. The van der Waals surface area contributed by atoms with Crippen molar-refractivity contribution in [2.75, 3.05) is 13.0 Å². The molecule has 0 heterocycles. The van der Waals surface area contributed by atoms with Crippen LogP contribution in [0.5, 0.6) is 5.75 Å². The summed E-state index contributed by atoms with van der Waals surface area (Å²) in [6.07, 6.45) is 4.67. The van der Waals surface area contributed by atoms with E-state index < -0.39 is 0 Å². The van der Waals surface area contributed by atoms with Gasteiger partial charge < -0.3 is 4.74 Å². The van der Waals surface area contributed by atoms with E-state index in [4.69, 9.17) is 39.5 Å². The molecule has 110 valence electrons. The first kappa shape index (κ1) is 15.9. The number of methoxy groups -OCH3 is 1. The number of hydrogen-bond donors (Lipinski definition) is 0. The highest BCUT2D eigenvalue weighted by atomic mass is 35.5. The fraction of sp³-hybridized carbons (Fsp3) is 0.533. The van der Waals surface area contributed by atoms with Crippen molar-refractivity contribution >= 4 is 40.6 Å². The first-order valence-electron chi connectivity index (χ1n) is 6.75. The summed E-state index contributed by atoms with van der Waals surface area (Å²) in [4.78, 5) is 12.4.